The van der Waals surface area contributed by atoms with Crippen molar-refractivity contribution in [3.05, 3.63) is 29.8 Å². The molecule has 0 spiro atoms. The maximum atomic E-state index is 11.2. The summed E-state index contributed by atoms with van der Waals surface area (Å²) in [6.07, 6.45) is 0. The first-order valence-electron chi connectivity index (χ1n) is 4.40. The van der Waals surface area contributed by atoms with E-state index in [0.29, 0.717) is 12.4 Å². The second-order valence-corrected chi connectivity index (χ2v) is 3.26. The minimum Gasteiger partial charge on any atom is -0.337 e. The Bertz CT molecular complexity index is 315. The predicted octanol–water partition coefficient (Wildman–Crippen LogP) is 2.36. The van der Waals surface area contributed by atoms with Crippen molar-refractivity contribution < 1.29 is 4.79 Å². The number of carbonyl (C=O) groups excluding carboxylic acids is 1. The summed E-state index contributed by atoms with van der Waals surface area (Å²) in [4.78, 5) is 11.2. The number of amides is 2. The molecule has 0 saturated heterocycles. The van der Waals surface area contributed by atoms with E-state index in [-0.39, 0.29) is 6.03 Å². The maximum Gasteiger partial charge on any atom is 0.319 e. The van der Waals surface area contributed by atoms with Gasteiger partial charge in [0.15, 0.2) is 0 Å². The molecule has 0 aliphatic carbocycles. The van der Waals surface area contributed by atoms with Gasteiger partial charge in [-0.3, -0.25) is 0 Å². The third kappa shape index (κ3) is 3.26. The second kappa shape index (κ2) is 5.50. The van der Waals surface area contributed by atoms with E-state index in [1.165, 1.54) is 0 Å². The molecule has 1 aromatic rings. The number of alkyl halides is 1. The van der Waals surface area contributed by atoms with E-state index in [1.807, 2.05) is 31.2 Å². The van der Waals surface area contributed by atoms with Crippen LogP contribution in [0.2, 0.25) is 0 Å². The number of rotatable bonds is 3. The molecule has 2 amide bonds. The first kappa shape index (κ1) is 10.9. The number of anilines is 1. The van der Waals surface area contributed by atoms with E-state index >= 15 is 0 Å². The number of urea groups is 1. The van der Waals surface area contributed by atoms with E-state index < -0.39 is 0 Å². The molecule has 0 unspecified atom stereocenters. The fraction of sp³-hybridized carbons (Fsp3) is 0.300. The molecular formula is C10H13ClN2O. The van der Waals surface area contributed by atoms with Crippen LogP contribution in [-0.2, 0) is 0 Å². The van der Waals surface area contributed by atoms with E-state index in [4.69, 9.17) is 11.6 Å². The smallest absolute Gasteiger partial charge is 0.319 e. The van der Waals surface area contributed by atoms with Crippen LogP contribution in [-0.4, -0.2) is 18.5 Å². The zero-order valence-corrected chi connectivity index (χ0v) is 8.77. The standard InChI is InChI=1S/C10H13ClN2O/c1-8-4-2-3-5-9(8)13-10(14)12-7-6-11/h2-5H,6-7H2,1H3,(H2,12,13,14). The van der Waals surface area contributed by atoms with Gasteiger partial charge >= 0.3 is 6.03 Å². The van der Waals surface area contributed by atoms with Crippen molar-refractivity contribution in [2.75, 3.05) is 17.7 Å². The molecule has 1 rings (SSSR count). The predicted molar refractivity (Wildman–Crippen MR) is 58.9 cm³/mol. The summed E-state index contributed by atoms with van der Waals surface area (Å²) in [7, 11) is 0. The number of halogens is 1. The van der Waals surface area contributed by atoms with Gasteiger partial charge in [-0.1, -0.05) is 18.2 Å². The van der Waals surface area contributed by atoms with Crippen LogP contribution in [0.25, 0.3) is 0 Å². The van der Waals surface area contributed by atoms with Crippen LogP contribution >= 0.6 is 11.6 Å². The first-order valence-corrected chi connectivity index (χ1v) is 4.94. The Balaban J connectivity index is 2.52. The van der Waals surface area contributed by atoms with Gasteiger partial charge in [0.25, 0.3) is 0 Å². The quantitative estimate of drug-likeness (QED) is 0.742. The fourth-order valence-corrected chi connectivity index (χ4v) is 1.13. The van der Waals surface area contributed by atoms with Crippen LogP contribution in [0.15, 0.2) is 24.3 Å². The molecule has 0 bridgehead atoms. The highest BCUT2D eigenvalue weighted by molar-refractivity contribution is 6.18. The highest BCUT2D eigenvalue weighted by Gasteiger charge is 2.01. The van der Waals surface area contributed by atoms with Crippen molar-refractivity contribution in [3.63, 3.8) is 0 Å². The largest absolute Gasteiger partial charge is 0.337 e. The van der Waals surface area contributed by atoms with Crippen molar-refractivity contribution in [1.82, 2.24) is 5.32 Å². The van der Waals surface area contributed by atoms with Gasteiger partial charge in [0.05, 0.1) is 0 Å². The average Bonchev–Trinajstić information content (AvgIpc) is 2.18. The molecule has 14 heavy (non-hydrogen) atoms. The first-order chi connectivity index (χ1) is 6.74. The van der Waals surface area contributed by atoms with Gasteiger partial charge in [0.1, 0.15) is 0 Å². The molecule has 0 heterocycles. The highest BCUT2D eigenvalue weighted by atomic mass is 35.5. The van der Waals surface area contributed by atoms with Gasteiger partial charge in [-0.2, -0.15) is 0 Å². The summed E-state index contributed by atoms with van der Waals surface area (Å²) in [6, 6.07) is 7.38. The Hall–Kier alpha value is -1.22. The van der Waals surface area contributed by atoms with Crippen LogP contribution in [0, 0.1) is 6.92 Å². The van der Waals surface area contributed by atoms with Gasteiger partial charge in [-0.05, 0) is 18.6 Å². The summed E-state index contributed by atoms with van der Waals surface area (Å²) in [5.74, 6) is 0.418. The third-order valence-corrected chi connectivity index (χ3v) is 1.96. The fourth-order valence-electron chi connectivity index (χ4n) is 1.04. The number of nitrogens with one attached hydrogen (secondary N) is 2. The molecule has 0 saturated carbocycles. The molecule has 0 aliphatic heterocycles. The van der Waals surface area contributed by atoms with Crippen LogP contribution in [0.3, 0.4) is 0 Å². The van der Waals surface area contributed by atoms with Crippen LogP contribution in [0.1, 0.15) is 5.56 Å². The molecule has 2 N–H and O–H groups in total. The molecule has 0 aliphatic rings. The maximum absolute atomic E-state index is 11.2. The van der Waals surface area contributed by atoms with Gasteiger partial charge in [0.2, 0.25) is 0 Å². The lowest BCUT2D eigenvalue weighted by Gasteiger charge is -2.08. The highest BCUT2D eigenvalue weighted by Crippen LogP contribution is 2.12. The normalized spacial score (nSPS) is 9.57. The van der Waals surface area contributed by atoms with Crippen LogP contribution < -0.4 is 10.6 Å². The zero-order valence-electron chi connectivity index (χ0n) is 8.01. The molecule has 0 fully saturated rings. The van der Waals surface area contributed by atoms with Gasteiger partial charge in [-0.15, -0.1) is 11.6 Å². The molecular weight excluding hydrogens is 200 g/mol. The lowest BCUT2D eigenvalue weighted by Crippen LogP contribution is -2.30. The zero-order chi connectivity index (χ0) is 10.4. The number of para-hydroxylation sites is 1. The summed E-state index contributed by atoms with van der Waals surface area (Å²) in [6.45, 7) is 2.41. The molecule has 0 aromatic heterocycles. The van der Waals surface area contributed by atoms with Crippen LogP contribution in [0.5, 0.6) is 0 Å². The van der Waals surface area contributed by atoms with Gasteiger partial charge in [0, 0.05) is 18.1 Å². The Morgan fingerprint density at radius 3 is 2.79 bits per heavy atom. The number of aryl methyl sites for hydroxylation is 1. The molecule has 4 heteroatoms. The topological polar surface area (TPSA) is 41.1 Å². The average molecular weight is 213 g/mol. The lowest BCUT2D eigenvalue weighted by molar-refractivity contribution is 0.252. The summed E-state index contributed by atoms with van der Waals surface area (Å²) < 4.78 is 0. The van der Waals surface area contributed by atoms with E-state index in [9.17, 15) is 4.79 Å². The van der Waals surface area contributed by atoms with Crippen molar-refractivity contribution in [2.24, 2.45) is 0 Å². The van der Waals surface area contributed by atoms with E-state index in [1.54, 1.807) is 0 Å². The Morgan fingerprint density at radius 1 is 1.43 bits per heavy atom. The number of benzene rings is 1. The molecule has 0 radical (unpaired) electrons. The molecule has 76 valence electrons. The Kier molecular flexibility index (Phi) is 4.26. The Morgan fingerprint density at radius 2 is 2.14 bits per heavy atom. The SMILES string of the molecule is Cc1ccccc1NC(=O)NCCCl. The van der Waals surface area contributed by atoms with E-state index in [2.05, 4.69) is 10.6 Å². The van der Waals surface area contributed by atoms with Crippen molar-refractivity contribution in [1.29, 1.82) is 0 Å². The number of hydrogen-bond acceptors (Lipinski definition) is 1. The van der Waals surface area contributed by atoms with Crippen molar-refractivity contribution in [2.45, 2.75) is 6.92 Å². The van der Waals surface area contributed by atoms with Gasteiger partial charge < -0.3 is 10.6 Å². The van der Waals surface area contributed by atoms with Crippen LogP contribution in [0.4, 0.5) is 10.5 Å². The number of carbonyl (C=O) groups is 1. The van der Waals surface area contributed by atoms with Crippen molar-refractivity contribution >= 4 is 23.3 Å². The minimum atomic E-state index is -0.222. The monoisotopic (exact) mass is 212 g/mol. The molecule has 3 nitrogen and oxygen atoms in total. The molecule has 1 aromatic carbocycles. The summed E-state index contributed by atoms with van der Waals surface area (Å²) in [5.41, 5.74) is 1.85. The Labute approximate surface area is 88.5 Å². The lowest BCUT2D eigenvalue weighted by atomic mass is 10.2. The van der Waals surface area contributed by atoms with Gasteiger partial charge in [-0.25, -0.2) is 4.79 Å². The van der Waals surface area contributed by atoms with Crippen molar-refractivity contribution in [3.8, 4) is 0 Å². The summed E-state index contributed by atoms with van der Waals surface area (Å²) >= 11 is 5.44. The third-order valence-electron chi connectivity index (χ3n) is 1.77. The molecule has 0 atom stereocenters. The number of hydrogen-bond donors (Lipinski definition) is 2. The minimum absolute atomic E-state index is 0.222. The second-order valence-electron chi connectivity index (χ2n) is 2.88. The summed E-state index contributed by atoms with van der Waals surface area (Å²) in [5, 5.41) is 5.36. The van der Waals surface area contributed by atoms with E-state index in [0.717, 1.165) is 11.3 Å².